The molecule has 0 saturated heterocycles. The van der Waals surface area contributed by atoms with E-state index in [4.69, 9.17) is 4.74 Å². The van der Waals surface area contributed by atoms with E-state index < -0.39 is 0 Å². The molecule has 2 aromatic carbocycles. The van der Waals surface area contributed by atoms with Crippen molar-refractivity contribution in [2.45, 2.75) is 39.5 Å². The average molecular weight is 296 g/mol. The zero-order valence-electron chi connectivity index (χ0n) is 13.4. The summed E-state index contributed by atoms with van der Waals surface area (Å²) in [5.41, 5.74) is 1.25. The average Bonchev–Trinajstić information content (AvgIpc) is 2.50. The molecule has 2 rings (SSSR count). The molecule has 0 amide bonds. The second-order valence-electron chi connectivity index (χ2n) is 5.86. The molecule has 2 aromatic rings. The van der Waals surface area contributed by atoms with Crippen molar-refractivity contribution in [1.82, 2.24) is 0 Å². The van der Waals surface area contributed by atoms with Gasteiger partial charge in [0.05, 0.1) is 0 Å². The fourth-order valence-corrected chi connectivity index (χ4v) is 2.56. The number of ketones is 1. The fraction of sp³-hybridized carbons (Fsp3) is 0.350. The molecule has 0 aliphatic rings. The number of Topliss-reactive ketones (excluding diaryl/α,β-unsaturated/α-hetero) is 1. The molecule has 0 heterocycles. The van der Waals surface area contributed by atoms with E-state index in [0.717, 1.165) is 24.3 Å². The first-order chi connectivity index (χ1) is 10.7. The second kappa shape index (κ2) is 8.38. The maximum absolute atomic E-state index is 11.7. The highest BCUT2D eigenvalue weighted by Gasteiger charge is 2.09. The Labute approximate surface area is 133 Å². The van der Waals surface area contributed by atoms with E-state index >= 15 is 0 Å². The van der Waals surface area contributed by atoms with Crippen LogP contribution in [0.15, 0.2) is 54.6 Å². The third-order valence-electron chi connectivity index (χ3n) is 3.59. The smallest absolute Gasteiger partial charge is 0.133 e. The number of ether oxygens (including phenoxy) is 1. The van der Waals surface area contributed by atoms with Crippen LogP contribution >= 0.6 is 0 Å². The topological polar surface area (TPSA) is 26.3 Å². The molecule has 0 aliphatic carbocycles. The third kappa shape index (κ3) is 5.36. The monoisotopic (exact) mass is 296 g/mol. The Morgan fingerprint density at radius 2 is 1.64 bits per heavy atom. The molecule has 0 aromatic heterocycles. The largest absolute Gasteiger partial charge is 0.457 e. The number of rotatable bonds is 8. The summed E-state index contributed by atoms with van der Waals surface area (Å²) >= 11 is 0. The van der Waals surface area contributed by atoms with Crippen molar-refractivity contribution in [3.63, 3.8) is 0 Å². The molecule has 2 heteroatoms. The van der Waals surface area contributed by atoms with E-state index in [-0.39, 0.29) is 0 Å². The van der Waals surface area contributed by atoms with Crippen LogP contribution in [0.2, 0.25) is 0 Å². The first-order valence-electron chi connectivity index (χ1n) is 8.01. The SMILES string of the molecule is CCCC(=O)CC(C)Cc1ccc(Oc2ccccc2)cc1. The molecule has 22 heavy (non-hydrogen) atoms. The zero-order chi connectivity index (χ0) is 15.8. The lowest BCUT2D eigenvalue weighted by Crippen LogP contribution is -2.07. The van der Waals surface area contributed by atoms with Crippen LogP contribution in [0.3, 0.4) is 0 Å². The van der Waals surface area contributed by atoms with Gasteiger partial charge in [-0.05, 0) is 48.6 Å². The van der Waals surface area contributed by atoms with E-state index in [1.54, 1.807) is 0 Å². The van der Waals surface area contributed by atoms with Gasteiger partial charge in [0.15, 0.2) is 0 Å². The van der Waals surface area contributed by atoms with Gasteiger partial charge in [-0.3, -0.25) is 4.79 Å². The van der Waals surface area contributed by atoms with Gasteiger partial charge in [-0.1, -0.05) is 44.2 Å². The summed E-state index contributed by atoms with van der Waals surface area (Å²) in [7, 11) is 0. The standard InChI is InChI=1S/C20H24O2/c1-3-7-18(21)15-16(2)14-17-10-12-20(13-11-17)22-19-8-5-4-6-9-19/h4-6,8-13,16H,3,7,14-15H2,1-2H3. The highest BCUT2D eigenvalue weighted by molar-refractivity contribution is 5.78. The minimum Gasteiger partial charge on any atom is -0.457 e. The fourth-order valence-electron chi connectivity index (χ4n) is 2.56. The van der Waals surface area contributed by atoms with Crippen LogP contribution in [-0.2, 0) is 11.2 Å². The summed E-state index contributed by atoms with van der Waals surface area (Å²) in [5.74, 6) is 2.44. The molecule has 0 saturated carbocycles. The van der Waals surface area contributed by atoms with Gasteiger partial charge in [0.1, 0.15) is 17.3 Å². The van der Waals surface area contributed by atoms with E-state index in [1.165, 1.54) is 5.56 Å². The van der Waals surface area contributed by atoms with Crippen molar-refractivity contribution >= 4 is 5.78 Å². The van der Waals surface area contributed by atoms with Crippen molar-refractivity contribution in [2.24, 2.45) is 5.92 Å². The molecule has 0 bridgehead atoms. The molecule has 1 unspecified atom stereocenters. The molecule has 0 radical (unpaired) electrons. The lowest BCUT2D eigenvalue weighted by molar-refractivity contribution is -0.119. The molecule has 2 nitrogen and oxygen atoms in total. The van der Waals surface area contributed by atoms with Crippen molar-refractivity contribution in [1.29, 1.82) is 0 Å². The number of benzene rings is 2. The van der Waals surface area contributed by atoms with Crippen molar-refractivity contribution < 1.29 is 9.53 Å². The highest BCUT2D eigenvalue weighted by Crippen LogP contribution is 2.22. The molecule has 0 spiro atoms. The summed E-state index contributed by atoms with van der Waals surface area (Å²) < 4.78 is 5.78. The van der Waals surface area contributed by atoms with E-state index in [1.807, 2.05) is 49.4 Å². The molecule has 0 N–H and O–H groups in total. The molecule has 1 atom stereocenters. The summed E-state index contributed by atoms with van der Waals surface area (Å²) in [5, 5.41) is 0. The zero-order valence-corrected chi connectivity index (χ0v) is 13.4. The third-order valence-corrected chi connectivity index (χ3v) is 3.59. The lowest BCUT2D eigenvalue weighted by atomic mass is 9.95. The molecular weight excluding hydrogens is 272 g/mol. The Balaban J connectivity index is 1.87. The summed E-state index contributed by atoms with van der Waals surface area (Å²) in [6.45, 7) is 4.19. The van der Waals surface area contributed by atoms with Crippen LogP contribution in [0, 0.1) is 5.92 Å². The minimum absolute atomic E-state index is 0.374. The number of hydrogen-bond donors (Lipinski definition) is 0. The van der Waals surface area contributed by atoms with Gasteiger partial charge in [-0.15, -0.1) is 0 Å². The van der Waals surface area contributed by atoms with Crippen molar-refractivity contribution in [2.75, 3.05) is 0 Å². The van der Waals surface area contributed by atoms with Crippen molar-refractivity contribution in [3.05, 3.63) is 60.2 Å². The summed E-state index contributed by atoms with van der Waals surface area (Å²) in [6, 6.07) is 17.9. The lowest BCUT2D eigenvalue weighted by Gasteiger charge is -2.11. The Morgan fingerprint density at radius 3 is 2.27 bits per heavy atom. The molecular formula is C20H24O2. The van der Waals surface area contributed by atoms with Gasteiger partial charge in [-0.2, -0.15) is 0 Å². The predicted octanol–water partition coefficient (Wildman–Crippen LogP) is 5.42. The van der Waals surface area contributed by atoms with Crippen LogP contribution < -0.4 is 4.74 Å². The van der Waals surface area contributed by atoms with Gasteiger partial charge in [0, 0.05) is 12.8 Å². The van der Waals surface area contributed by atoms with E-state index in [2.05, 4.69) is 19.1 Å². The van der Waals surface area contributed by atoms with E-state index in [9.17, 15) is 4.79 Å². The molecule has 0 aliphatic heterocycles. The Hall–Kier alpha value is -2.09. The van der Waals surface area contributed by atoms with Crippen LogP contribution in [0.4, 0.5) is 0 Å². The van der Waals surface area contributed by atoms with E-state index in [0.29, 0.717) is 24.5 Å². The maximum Gasteiger partial charge on any atom is 0.133 e. The van der Waals surface area contributed by atoms with Gasteiger partial charge in [0.2, 0.25) is 0 Å². The first-order valence-corrected chi connectivity index (χ1v) is 8.01. The van der Waals surface area contributed by atoms with Crippen molar-refractivity contribution in [3.8, 4) is 11.5 Å². The van der Waals surface area contributed by atoms with Gasteiger partial charge in [0.25, 0.3) is 0 Å². The summed E-state index contributed by atoms with van der Waals surface area (Å²) in [6.07, 6.45) is 3.25. The molecule has 116 valence electrons. The Morgan fingerprint density at radius 1 is 1.00 bits per heavy atom. The Kier molecular flexibility index (Phi) is 6.20. The summed E-state index contributed by atoms with van der Waals surface area (Å²) in [4.78, 5) is 11.7. The highest BCUT2D eigenvalue weighted by atomic mass is 16.5. The maximum atomic E-state index is 11.7. The number of para-hydroxylation sites is 1. The number of carbonyl (C=O) groups excluding carboxylic acids is 1. The van der Waals surface area contributed by atoms with Crippen LogP contribution in [0.25, 0.3) is 0 Å². The predicted molar refractivity (Wildman–Crippen MR) is 90.4 cm³/mol. The van der Waals surface area contributed by atoms with Gasteiger partial charge in [-0.25, -0.2) is 0 Å². The minimum atomic E-state index is 0.374. The normalized spacial score (nSPS) is 11.9. The second-order valence-corrected chi connectivity index (χ2v) is 5.86. The molecule has 0 fully saturated rings. The first kappa shape index (κ1) is 16.3. The number of carbonyl (C=O) groups is 1. The number of hydrogen-bond acceptors (Lipinski definition) is 2. The quantitative estimate of drug-likeness (QED) is 0.650. The van der Waals surface area contributed by atoms with Crippen LogP contribution in [-0.4, -0.2) is 5.78 Å². The Bertz CT molecular complexity index is 572. The van der Waals surface area contributed by atoms with Crippen LogP contribution in [0.5, 0.6) is 11.5 Å². The van der Waals surface area contributed by atoms with Gasteiger partial charge < -0.3 is 4.74 Å². The van der Waals surface area contributed by atoms with Gasteiger partial charge >= 0.3 is 0 Å². The van der Waals surface area contributed by atoms with Crippen LogP contribution in [0.1, 0.15) is 38.7 Å².